The molecule has 2 aromatic carbocycles. The Labute approximate surface area is 193 Å². The number of hydrogen-bond donors (Lipinski definition) is 1. The van der Waals surface area contributed by atoms with Gasteiger partial charge in [0.25, 0.3) is 10.0 Å². The second-order valence-electron chi connectivity index (χ2n) is 8.16. The van der Waals surface area contributed by atoms with Gasteiger partial charge in [0.05, 0.1) is 12.0 Å². The predicted molar refractivity (Wildman–Crippen MR) is 125 cm³/mol. The summed E-state index contributed by atoms with van der Waals surface area (Å²) in [5.41, 5.74) is 1.15. The van der Waals surface area contributed by atoms with Crippen molar-refractivity contribution in [3.63, 3.8) is 0 Å². The molecule has 9 heteroatoms. The summed E-state index contributed by atoms with van der Waals surface area (Å²) in [6.45, 7) is 2.19. The number of sulfonamides is 1. The highest BCUT2D eigenvalue weighted by Crippen LogP contribution is 2.31. The zero-order valence-corrected chi connectivity index (χ0v) is 19.3. The molecule has 1 aliphatic heterocycles. The second-order valence-corrected chi connectivity index (χ2v) is 9.84. The van der Waals surface area contributed by atoms with Crippen molar-refractivity contribution in [2.24, 2.45) is 5.92 Å². The smallest absolute Gasteiger partial charge is 0.261 e. The highest BCUT2D eigenvalue weighted by Gasteiger charge is 2.34. The third-order valence-corrected chi connectivity index (χ3v) is 7.18. The van der Waals surface area contributed by atoms with Crippen LogP contribution in [-0.2, 0) is 19.6 Å². The molecule has 0 atom stereocenters. The molecule has 1 N–H and O–H groups in total. The van der Waals surface area contributed by atoms with Crippen LogP contribution in [0.4, 0.5) is 5.69 Å². The van der Waals surface area contributed by atoms with Crippen LogP contribution in [-0.4, -0.2) is 63.3 Å². The van der Waals surface area contributed by atoms with Crippen molar-refractivity contribution in [2.75, 3.05) is 38.0 Å². The highest BCUT2D eigenvalue weighted by molar-refractivity contribution is 7.92. The molecular weight excluding hydrogens is 442 g/mol. The van der Waals surface area contributed by atoms with E-state index in [9.17, 15) is 18.0 Å². The van der Waals surface area contributed by atoms with Crippen LogP contribution < -0.4 is 9.46 Å². The van der Waals surface area contributed by atoms with E-state index in [0.29, 0.717) is 43.2 Å². The van der Waals surface area contributed by atoms with Gasteiger partial charge in [0, 0.05) is 43.9 Å². The van der Waals surface area contributed by atoms with Gasteiger partial charge in [0.15, 0.2) is 0 Å². The number of anilines is 1. The normalized spacial score (nSPS) is 16.6. The molecule has 2 aliphatic rings. The maximum atomic E-state index is 12.6. The molecule has 1 heterocycles. The molecule has 174 valence electrons. The first-order valence-electron chi connectivity index (χ1n) is 10.9. The molecule has 1 saturated carbocycles. The number of amides is 2. The third-order valence-electron chi connectivity index (χ3n) is 5.78. The lowest BCUT2D eigenvalue weighted by Crippen LogP contribution is -2.50. The van der Waals surface area contributed by atoms with Crippen molar-refractivity contribution < 1.29 is 22.7 Å². The average Bonchev–Trinajstić information content (AvgIpc) is 3.68. The van der Waals surface area contributed by atoms with E-state index < -0.39 is 10.0 Å². The molecule has 0 bridgehead atoms. The molecule has 1 saturated heterocycles. The molecule has 0 radical (unpaired) electrons. The van der Waals surface area contributed by atoms with E-state index in [2.05, 4.69) is 4.72 Å². The highest BCUT2D eigenvalue weighted by atomic mass is 32.2. The zero-order chi connectivity index (χ0) is 23.4. The number of nitrogens with zero attached hydrogens (tertiary/aromatic N) is 2. The number of rotatable bonds is 7. The maximum absolute atomic E-state index is 12.6. The van der Waals surface area contributed by atoms with E-state index in [1.165, 1.54) is 18.2 Å². The summed E-state index contributed by atoms with van der Waals surface area (Å²) >= 11 is 0. The molecule has 4 rings (SSSR count). The van der Waals surface area contributed by atoms with E-state index >= 15 is 0 Å². The lowest BCUT2D eigenvalue weighted by Gasteiger charge is -2.34. The first kappa shape index (κ1) is 22.8. The van der Waals surface area contributed by atoms with Crippen molar-refractivity contribution in [2.45, 2.75) is 17.7 Å². The van der Waals surface area contributed by atoms with Crippen molar-refractivity contribution >= 4 is 33.6 Å². The van der Waals surface area contributed by atoms with Crippen molar-refractivity contribution in [1.82, 2.24) is 9.80 Å². The van der Waals surface area contributed by atoms with Gasteiger partial charge in [-0.05, 0) is 60.9 Å². The summed E-state index contributed by atoms with van der Waals surface area (Å²) in [4.78, 5) is 28.3. The molecule has 2 aromatic rings. The minimum absolute atomic E-state index is 0.119. The third kappa shape index (κ3) is 5.73. The lowest BCUT2D eigenvalue weighted by molar-refractivity contribution is -0.138. The number of carbonyl (C=O) groups excluding carboxylic acids is 2. The summed E-state index contributed by atoms with van der Waals surface area (Å²) in [6, 6.07) is 12.9. The second kappa shape index (κ2) is 9.66. The lowest BCUT2D eigenvalue weighted by atomic mass is 10.2. The molecule has 33 heavy (non-hydrogen) atoms. The Balaban J connectivity index is 1.32. The fraction of sp³-hybridized carbons (Fsp3) is 0.333. The van der Waals surface area contributed by atoms with Crippen LogP contribution >= 0.6 is 0 Å². The number of ether oxygens (including phenoxy) is 1. The summed E-state index contributed by atoms with van der Waals surface area (Å²) in [5, 5.41) is 0. The summed E-state index contributed by atoms with van der Waals surface area (Å²) in [6.07, 6.45) is 5.12. The van der Waals surface area contributed by atoms with Gasteiger partial charge in [-0.3, -0.25) is 14.3 Å². The maximum Gasteiger partial charge on any atom is 0.261 e. The number of benzene rings is 2. The van der Waals surface area contributed by atoms with Crippen LogP contribution in [0.25, 0.3) is 6.08 Å². The number of methoxy groups -OCH3 is 1. The molecule has 1 aliphatic carbocycles. The molecule has 2 amide bonds. The Morgan fingerprint density at radius 3 is 2.12 bits per heavy atom. The van der Waals surface area contributed by atoms with Gasteiger partial charge >= 0.3 is 0 Å². The van der Waals surface area contributed by atoms with Gasteiger partial charge in [-0.1, -0.05) is 12.1 Å². The number of hydrogen-bond acceptors (Lipinski definition) is 5. The van der Waals surface area contributed by atoms with Crippen molar-refractivity contribution in [3.05, 3.63) is 60.2 Å². The largest absolute Gasteiger partial charge is 0.497 e. The Bertz CT molecular complexity index is 1130. The van der Waals surface area contributed by atoms with Gasteiger partial charge in [-0.25, -0.2) is 8.42 Å². The van der Waals surface area contributed by atoms with Crippen LogP contribution in [0.15, 0.2) is 59.5 Å². The fourth-order valence-corrected chi connectivity index (χ4v) is 4.70. The Morgan fingerprint density at radius 1 is 0.939 bits per heavy atom. The van der Waals surface area contributed by atoms with E-state index in [4.69, 9.17) is 4.74 Å². The number of piperazine rings is 1. The van der Waals surface area contributed by atoms with Gasteiger partial charge < -0.3 is 14.5 Å². The van der Waals surface area contributed by atoms with Crippen molar-refractivity contribution in [1.29, 1.82) is 0 Å². The topological polar surface area (TPSA) is 96.0 Å². The van der Waals surface area contributed by atoms with Crippen molar-refractivity contribution in [3.8, 4) is 5.75 Å². The van der Waals surface area contributed by atoms with E-state index in [0.717, 1.165) is 12.8 Å². The standard InChI is InChI=1S/C24H27N3O5S/c1-32-21-9-7-20(8-10-21)25-33(30,31)22-11-2-18(3-12-22)4-13-23(28)26-14-16-27(17-15-26)24(29)19-5-6-19/h2-4,7-13,19,25H,5-6,14-17H2,1H3. The summed E-state index contributed by atoms with van der Waals surface area (Å²) in [5.74, 6) is 0.933. The van der Waals surface area contributed by atoms with E-state index in [1.807, 2.05) is 4.90 Å². The molecule has 8 nitrogen and oxygen atoms in total. The summed E-state index contributed by atoms with van der Waals surface area (Å²) in [7, 11) is -2.19. The molecule has 0 unspecified atom stereocenters. The monoisotopic (exact) mass is 469 g/mol. The molecule has 0 spiro atoms. The van der Waals surface area contributed by atoms with Crippen LogP contribution in [0.1, 0.15) is 18.4 Å². The minimum atomic E-state index is -3.73. The van der Waals surface area contributed by atoms with Gasteiger partial charge in [-0.2, -0.15) is 0 Å². The van der Waals surface area contributed by atoms with E-state index in [1.54, 1.807) is 54.5 Å². The zero-order valence-electron chi connectivity index (χ0n) is 18.4. The molecule has 0 aromatic heterocycles. The van der Waals surface area contributed by atoms with Crippen LogP contribution in [0.5, 0.6) is 5.75 Å². The predicted octanol–water partition coefficient (Wildman–Crippen LogP) is 2.59. The van der Waals surface area contributed by atoms with Crippen LogP contribution in [0.2, 0.25) is 0 Å². The number of carbonyl (C=O) groups is 2. The first-order chi connectivity index (χ1) is 15.9. The van der Waals surface area contributed by atoms with E-state index in [-0.39, 0.29) is 22.6 Å². The number of nitrogens with one attached hydrogen (secondary N) is 1. The van der Waals surface area contributed by atoms with Gasteiger partial charge in [-0.15, -0.1) is 0 Å². The van der Waals surface area contributed by atoms with Crippen LogP contribution in [0, 0.1) is 5.92 Å². The molecule has 2 fully saturated rings. The minimum Gasteiger partial charge on any atom is -0.497 e. The Morgan fingerprint density at radius 2 is 1.55 bits per heavy atom. The Hall–Kier alpha value is -3.33. The van der Waals surface area contributed by atoms with Gasteiger partial charge in [0.1, 0.15) is 5.75 Å². The SMILES string of the molecule is COc1ccc(NS(=O)(=O)c2ccc(C=CC(=O)N3CCN(C(=O)C4CC4)CC3)cc2)cc1. The quantitative estimate of drug-likeness (QED) is 0.629. The van der Waals surface area contributed by atoms with Gasteiger partial charge in [0.2, 0.25) is 11.8 Å². The first-order valence-corrected chi connectivity index (χ1v) is 12.4. The van der Waals surface area contributed by atoms with Crippen LogP contribution in [0.3, 0.4) is 0 Å². The fourth-order valence-electron chi connectivity index (χ4n) is 3.64. The summed E-state index contributed by atoms with van der Waals surface area (Å²) < 4.78 is 32.8. The Kier molecular flexibility index (Phi) is 6.69. The molecular formula is C24H27N3O5S. The average molecular weight is 470 g/mol.